The molecule has 4 aliphatic heterocycles. The minimum absolute atomic E-state index is 0.0139. The van der Waals surface area contributed by atoms with E-state index in [2.05, 4.69) is 139 Å². The smallest absolute Gasteiger partial charge is 0.306 e. The van der Waals surface area contributed by atoms with E-state index in [0.29, 0.717) is 18.8 Å². The zero-order valence-electron chi connectivity index (χ0n) is 39.4. The second kappa shape index (κ2) is 17.3. The number of rotatable bonds is 9. The lowest BCUT2D eigenvalue weighted by Crippen LogP contribution is -2.49. The summed E-state index contributed by atoms with van der Waals surface area (Å²) in [5, 5.41) is 8.98. The Bertz CT molecular complexity index is 2600. The molecule has 10 heteroatoms. The van der Waals surface area contributed by atoms with E-state index in [1.165, 1.54) is 50.8 Å². The molecule has 1 saturated carbocycles. The van der Waals surface area contributed by atoms with Gasteiger partial charge in [-0.25, -0.2) is 4.58 Å². The number of amides is 1. The quantitative estimate of drug-likeness (QED) is 0.0868. The molecule has 0 bridgehead atoms. The van der Waals surface area contributed by atoms with E-state index in [0.717, 1.165) is 67.6 Å². The van der Waals surface area contributed by atoms with E-state index in [-0.39, 0.29) is 42.2 Å². The first-order chi connectivity index (χ1) is 31.2. The number of carbonyl (C=O) groups excluding carboxylic acids is 2. The first kappa shape index (κ1) is 43.9. The first-order valence-electron chi connectivity index (χ1n) is 23.7. The summed E-state index contributed by atoms with van der Waals surface area (Å²) in [7, 11) is 0. The number of nitrogen functional groups attached to an aromatic ring is 1. The average molecular weight is 873 g/mol. The van der Waals surface area contributed by atoms with Crippen LogP contribution in [-0.4, -0.2) is 78.6 Å². The van der Waals surface area contributed by atoms with Crippen molar-refractivity contribution in [3.63, 3.8) is 0 Å². The van der Waals surface area contributed by atoms with Gasteiger partial charge in [0.25, 0.3) is 0 Å². The first-order valence-corrected chi connectivity index (χ1v) is 23.7. The Balaban J connectivity index is 0.926. The Morgan fingerprint density at radius 2 is 1.26 bits per heavy atom. The third kappa shape index (κ3) is 7.99. The number of nitrogens with one attached hydrogen (secondary N) is 2. The molecule has 4 heterocycles. The van der Waals surface area contributed by atoms with Crippen molar-refractivity contribution >= 4 is 56.8 Å². The summed E-state index contributed by atoms with van der Waals surface area (Å²) in [6, 6.07) is 27.5. The molecule has 1 unspecified atom stereocenters. The fourth-order valence-electron chi connectivity index (χ4n) is 11.1. The monoisotopic (exact) mass is 873 g/mol. The van der Waals surface area contributed by atoms with Crippen LogP contribution in [0.2, 0.25) is 0 Å². The molecular formula is C55H66N7O3+. The number of carbonyl (C=O) groups is 2. The molecule has 0 aromatic heterocycles. The van der Waals surface area contributed by atoms with Crippen molar-refractivity contribution in [3.8, 4) is 0 Å². The normalized spacial score (nSPS) is 23.3. The van der Waals surface area contributed by atoms with Crippen LogP contribution in [0.4, 0.5) is 28.4 Å². The highest BCUT2D eigenvalue weighted by molar-refractivity contribution is 6.11. The summed E-state index contributed by atoms with van der Waals surface area (Å²) in [5.74, 6) is -0.404. The molecule has 1 aliphatic carbocycles. The van der Waals surface area contributed by atoms with Crippen LogP contribution in [0.3, 0.4) is 0 Å². The largest absolute Gasteiger partial charge is 0.461 e. The SMILES string of the molecule is CCN1/C(=C/C=C2\CCC/C(=C\C=C3\N(CC)c4ccccc4C3(C)C)C2=[N+]2CCN(C(=O)CCC(=O)OCC3(C)Nc4cccc5c(N)ccc(c45)N3)CC2)C(C)(C)c2ccccc21. The summed E-state index contributed by atoms with van der Waals surface area (Å²) >= 11 is 0. The Morgan fingerprint density at radius 1 is 0.708 bits per heavy atom. The molecule has 10 nitrogen and oxygen atoms in total. The van der Waals surface area contributed by atoms with Crippen LogP contribution in [-0.2, 0) is 25.2 Å². The highest BCUT2D eigenvalue weighted by atomic mass is 16.5. The van der Waals surface area contributed by atoms with Crippen LogP contribution in [0.5, 0.6) is 0 Å². The lowest BCUT2D eigenvalue weighted by atomic mass is 9.82. The van der Waals surface area contributed by atoms with Gasteiger partial charge < -0.3 is 35.8 Å². The summed E-state index contributed by atoms with van der Waals surface area (Å²) in [5.41, 5.74) is 19.8. The van der Waals surface area contributed by atoms with Gasteiger partial charge in [0.15, 0.2) is 13.1 Å². The lowest BCUT2D eigenvalue weighted by molar-refractivity contribution is -0.537. The highest BCUT2D eigenvalue weighted by Gasteiger charge is 2.41. The van der Waals surface area contributed by atoms with E-state index in [9.17, 15) is 9.59 Å². The molecule has 338 valence electrons. The highest BCUT2D eigenvalue weighted by Crippen LogP contribution is 2.49. The Morgan fingerprint density at radius 3 is 1.83 bits per heavy atom. The molecule has 1 amide bonds. The van der Waals surface area contributed by atoms with Crippen molar-refractivity contribution in [2.75, 3.05) is 72.0 Å². The zero-order chi connectivity index (χ0) is 45.7. The van der Waals surface area contributed by atoms with Crippen molar-refractivity contribution in [1.29, 1.82) is 0 Å². The van der Waals surface area contributed by atoms with Gasteiger partial charge in [-0.1, -0.05) is 88.4 Å². The van der Waals surface area contributed by atoms with Crippen molar-refractivity contribution < 1.29 is 18.9 Å². The molecule has 0 radical (unpaired) electrons. The summed E-state index contributed by atoms with van der Waals surface area (Å²) in [6.45, 7) is 20.3. The maximum atomic E-state index is 13.7. The lowest BCUT2D eigenvalue weighted by Gasteiger charge is -2.38. The van der Waals surface area contributed by atoms with Crippen LogP contribution in [0.25, 0.3) is 10.8 Å². The van der Waals surface area contributed by atoms with Gasteiger partial charge in [-0.15, -0.1) is 0 Å². The predicted molar refractivity (Wildman–Crippen MR) is 267 cm³/mol. The van der Waals surface area contributed by atoms with Gasteiger partial charge in [0.05, 0.1) is 19.5 Å². The van der Waals surface area contributed by atoms with E-state index >= 15 is 0 Å². The standard InChI is InChI=1S/C55H66N7O3/c1-8-61-45-22-12-10-19-40(45)53(3,4)47(61)28-24-37-16-14-17-38(25-29-48-54(5,6)41-20-11-13-23-46(41)62(48)9-2)52(37)60-34-32-59(33-35-60)49(63)30-31-50(64)65-36-55(7)57-43-21-15-18-39-42(56)26-27-44(58-55)51(39)43/h10-13,15,18-29,57-58H,8-9,14,16-17,30-36,56H2,1-7H3/q+1. The van der Waals surface area contributed by atoms with E-state index in [4.69, 9.17) is 10.5 Å². The van der Waals surface area contributed by atoms with Gasteiger partial charge in [-0.05, 0) is 93.6 Å². The van der Waals surface area contributed by atoms with E-state index in [1.54, 1.807) is 0 Å². The van der Waals surface area contributed by atoms with Crippen molar-refractivity contribution in [3.05, 3.63) is 137 Å². The number of piperazine rings is 1. The third-order valence-electron chi connectivity index (χ3n) is 14.5. The van der Waals surface area contributed by atoms with E-state index < -0.39 is 5.66 Å². The molecular weight excluding hydrogens is 807 g/mol. The van der Waals surface area contributed by atoms with Crippen molar-refractivity contribution in [2.45, 2.75) is 97.1 Å². The molecule has 4 N–H and O–H groups in total. The molecule has 4 aromatic carbocycles. The molecule has 2 fully saturated rings. The minimum Gasteiger partial charge on any atom is -0.461 e. The zero-order valence-corrected chi connectivity index (χ0v) is 39.4. The van der Waals surface area contributed by atoms with Gasteiger partial charge in [0.2, 0.25) is 11.6 Å². The van der Waals surface area contributed by atoms with Gasteiger partial charge in [0, 0.05) is 92.1 Å². The number of hydrogen-bond donors (Lipinski definition) is 3. The molecule has 1 atom stereocenters. The fraction of sp³-hybridized carbons (Fsp3) is 0.400. The maximum absolute atomic E-state index is 13.7. The number of fused-ring (bicyclic) bond motifs is 2. The fourth-order valence-corrected chi connectivity index (χ4v) is 11.1. The van der Waals surface area contributed by atoms with Gasteiger partial charge >= 0.3 is 5.97 Å². The molecule has 1 saturated heterocycles. The number of allylic oxidation sites excluding steroid dienone is 8. The van der Waals surface area contributed by atoms with Gasteiger partial charge in [-0.2, -0.15) is 0 Å². The number of likely N-dealkylation sites (N-methyl/N-ethyl adjacent to an activating group) is 2. The maximum Gasteiger partial charge on any atom is 0.306 e. The topological polar surface area (TPSA) is 106 Å². The van der Waals surface area contributed by atoms with Crippen LogP contribution >= 0.6 is 0 Å². The Labute approximate surface area is 385 Å². The molecule has 65 heavy (non-hydrogen) atoms. The summed E-state index contributed by atoms with van der Waals surface area (Å²) < 4.78 is 8.30. The third-order valence-corrected chi connectivity index (χ3v) is 14.5. The number of nitrogens with zero attached hydrogens (tertiary/aromatic N) is 4. The number of anilines is 5. The van der Waals surface area contributed by atoms with E-state index in [1.807, 2.05) is 42.2 Å². The molecule has 9 rings (SSSR count). The van der Waals surface area contributed by atoms with Gasteiger partial charge in [0.1, 0.15) is 12.3 Å². The minimum atomic E-state index is -0.723. The number of benzene rings is 4. The average Bonchev–Trinajstić information content (AvgIpc) is 3.67. The molecule has 0 spiro atoms. The second-order valence-corrected chi connectivity index (χ2v) is 19.5. The number of esters is 1. The summed E-state index contributed by atoms with van der Waals surface area (Å²) in [4.78, 5) is 33.7. The van der Waals surface area contributed by atoms with Crippen LogP contribution < -0.4 is 26.2 Å². The molecule has 4 aromatic rings. The second-order valence-electron chi connectivity index (χ2n) is 19.5. The number of ether oxygens (including phenoxy) is 1. The van der Waals surface area contributed by atoms with Gasteiger partial charge in [-0.3, -0.25) is 9.59 Å². The molecule has 5 aliphatic rings. The number of nitrogens with two attached hydrogens (primary N) is 1. The number of para-hydroxylation sites is 2. The van der Waals surface area contributed by atoms with Crippen molar-refractivity contribution in [1.82, 2.24) is 4.90 Å². The summed E-state index contributed by atoms with van der Waals surface area (Å²) in [6.07, 6.45) is 12.8. The predicted octanol–water partition coefficient (Wildman–Crippen LogP) is 10.0. The number of hydrogen-bond acceptors (Lipinski definition) is 8. The van der Waals surface area contributed by atoms with Crippen molar-refractivity contribution in [2.24, 2.45) is 0 Å². The van der Waals surface area contributed by atoms with Crippen LogP contribution in [0.1, 0.15) is 91.7 Å². The Hall–Kier alpha value is -6.29. The Kier molecular flexibility index (Phi) is 11.7. The van der Waals surface area contributed by atoms with Crippen LogP contribution in [0.15, 0.2) is 126 Å². The van der Waals surface area contributed by atoms with Crippen LogP contribution in [0, 0.1) is 0 Å².